The third kappa shape index (κ3) is 5.27. The van der Waals surface area contributed by atoms with Crippen LogP contribution in [0.15, 0.2) is 133 Å². The van der Waals surface area contributed by atoms with Crippen molar-refractivity contribution in [2.45, 2.75) is 41.5 Å². The summed E-state index contributed by atoms with van der Waals surface area (Å²) in [6.07, 6.45) is 0. The molecule has 51 heavy (non-hydrogen) atoms. The van der Waals surface area contributed by atoms with Gasteiger partial charge in [-0.1, -0.05) is 114 Å². The van der Waals surface area contributed by atoms with Crippen LogP contribution in [0.3, 0.4) is 0 Å². The van der Waals surface area contributed by atoms with E-state index in [4.69, 9.17) is 0 Å². The third-order valence-electron chi connectivity index (χ3n) is 10.8. The summed E-state index contributed by atoms with van der Waals surface area (Å²) < 4.78 is 2.67. The average molecular weight is 673 g/mol. The molecule has 0 spiro atoms. The largest absolute Gasteiger partial charge is 0.135 e. The van der Waals surface area contributed by atoms with Crippen molar-refractivity contribution in [2.24, 2.45) is 0 Å². The van der Waals surface area contributed by atoms with Crippen LogP contribution in [0.2, 0.25) is 0 Å². The van der Waals surface area contributed by atoms with E-state index in [1.165, 1.54) is 120 Å². The van der Waals surface area contributed by atoms with Gasteiger partial charge in [0, 0.05) is 25.7 Å². The first-order valence-corrected chi connectivity index (χ1v) is 18.7. The molecule has 0 N–H and O–H groups in total. The maximum absolute atomic E-state index is 2.45. The Kier molecular flexibility index (Phi) is 7.45. The summed E-state index contributed by atoms with van der Waals surface area (Å²) in [6.45, 7) is 13.4. The lowest BCUT2D eigenvalue weighted by Gasteiger charge is -2.15. The van der Waals surface area contributed by atoms with Gasteiger partial charge in [-0.2, -0.15) is 0 Å². The molecule has 1 heteroatoms. The predicted molar refractivity (Wildman–Crippen MR) is 225 cm³/mol. The molecule has 8 aromatic carbocycles. The SMILES string of the molecule is Cc1cc(C)c(-c2ccc3sc4c(-c5ccc(-c6cc7ccccc7c7ccccc67)cc5)cc(-c5c(C)cc(C)cc5C)cc4c3c2)c(C)c1. The second-order valence-electron chi connectivity index (χ2n) is 14.5. The van der Waals surface area contributed by atoms with Crippen LogP contribution in [0.1, 0.15) is 33.4 Å². The van der Waals surface area contributed by atoms with E-state index in [0.717, 1.165) is 0 Å². The number of hydrogen-bond donors (Lipinski definition) is 0. The second-order valence-corrected chi connectivity index (χ2v) is 15.6. The van der Waals surface area contributed by atoms with Crippen molar-refractivity contribution >= 4 is 53.1 Å². The Morgan fingerprint density at radius 1 is 0.353 bits per heavy atom. The molecule has 0 saturated heterocycles. The first-order chi connectivity index (χ1) is 24.7. The Morgan fingerprint density at radius 3 is 1.51 bits per heavy atom. The monoisotopic (exact) mass is 672 g/mol. The normalized spacial score (nSPS) is 11.7. The average Bonchev–Trinajstić information content (AvgIpc) is 3.48. The van der Waals surface area contributed by atoms with Crippen molar-refractivity contribution < 1.29 is 0 Å². The maximum atomic E-state index is 2.45. The van der Waals surface area contributed by atoms with E-state index in [9.17, 15) is 0 Å². The molecule has 0 saturated carbocycles. The van der Waals surface area contributed by atoms with Crippen molar-refractivity contribution in [3.63, 3.8) is 0 Å². The quantitative estimate of drug-likeness (QED) is 0.163. The van der Waals surface area contributed by atoms with E-state index < -0.39 is 0 Å². The molecule has 0 bridgehead atoms. The van der Waals surface area contributed by atoms with Gasteiger partial charge in [-0.05, 0) is 155 Å². The smallest absolute Gasteiger partial charge is 0.0434 e. The van der Waals surface area contributed by atoms with Crippen molar-refractivity contribution in [3.8, 4) is 44.5 Å². The van der Waals surface area contributed by atoms with E-state index in [1.807, 2.05) is 11.3 Å². The molecule has 1 aromatic heterocycles. The van der Waals surface area contributed by atoms with Crippen LogP contribution in [0.25, 0.3) is 86.2 Å². The number of rotatable bonds is 4. The molecule has 0 radical (unpaired) electrons. The summed E-state index contributed by atoms with van der Waals surface area (Å²) in [6, 6.07) is 50.5. The highest BCUT2D eigenvalue weighted by atomic mass is 32.1. The van der Waals surface area contributed by atoms with Gasteiger partial charge in [0.2, 0.25) is 0 Å². The van der Waals surface area contributed by atoms with Gasteiger partial charge >= 0.3 is 0 Å². The maximum Gasteiger partial charge on any atom is 0.0434 e. The van der Waals surface area contributed by atoms with Crippen LogP contribution in [-0.4, -0.2) is 0 Å². The fourth-order valence-corrected chi connectivity index (χ4v) is 9.99. The molecule has 0 nitrogen and oxygen atoms in total. The minimum absolute atomic E-state index is 1.24. The van der Waals surface area contributed by atoms with Crippen molar-refractivity contribution in [1.29, 1.82) is 0 Å². The van der Waals surface area contributed by atoms with Gasteiger partial charge in [0.05, 0.1) is 0 Å². The van der Waals surface area contributed by atoms with Crippen molar-refractivity contribution in [2.75, 3.05) is 0 Å². The van der Waals surface area contributed by atoms with Crippen LogP contribution in [-0.2, 0) is 0 Å². The Hall–Kier alpha value is -5.50. The van der Waals surface area contributed by atoms with Gasteiger partial charge < -0.3 is 0 Å². The summed E-state index contributed by atoms with van der Waals surface area (Å²) in [7, 11) is 0. The van der Waals surface area contributed by atoms with E-state index >= 15 is 0 Å². The Bertz CT molecular complexity index is 2800. The van der Waals surface area contributed by atoms with E-state index in [2.05, 4.69) is 175 Å². The first kappa shape index (κ1) is 31.5. The zero-order valence-corrected chi connectivity index (χ0v) is 30.9. The molecule has 0 unspecified atom stereocenters. The summed E-state index contributed by atoms with van der Waals surface area (Å²) in [5.74, 6) is 0. The minimum Gasteiger partial charge on any atom is -0.135 e. The lowest BCUT2D eigenvalue weighted by molar-refractivity contribution is 1.32. The number of aryl methyl sites for hydroxylation is 6. The van der Waals surface area contributed by atoms with Gasteiger partial charge in [0.25, 0.3) is 0 Å². The number of thiophene rings is 1. The summed E-state index contributed by atoms with van der Waals surface area (Å²) in [5.41, 5.74) is 18.2. The van der Waals surface area contributed by atoms with Gasteiger partial charge in [-0.15, -0.1) is 11.3 Å². The topological polar surface area (TPSA) is 0 Å². The van der Waals surface area contributed by atoms with Gasteiger partial charge in [-0.3, -0.25) is 0 Å². The molecule has 0 amide bonds. The molecular formula is C50H40S. The highest BCUT2D eigenvalue weighted by molar-refractivity contribution is 7.26. The van der Waals surface area contributed by atoms with Gasteiger partial charge in [-0.25, -0.2) is 0 Å². The Morgan fingerprint density at radius 2 is 0.863 bits per heavy atom. The molecule has 0 atom stereocenters. The van der Waals surface area contributed by atoms with Crippen LogP contribution < -0.4 is 0 Å². The molecule has 246 valence electrons. The third-order valence-corrected chi connectivity index (χ3v) is 12.0. The first-order valence-electron chi connectivity index (χ1n) is 17.9. The molecular weight excluding hydrogens is 633 g/mol. The van der Waals surface area contributed by atoms with Crippen LogP contribution in [0.5, 0.6) is 0 Å². The lowest BCUT2D eigenvalue weighted by atomic mass is 9.89. The zero-order valence-electron chi connectivity index (χ0n) is 30.1. The fourth-order valence-electron chi connectivity index (χ4n) is 8.79. The predicted octanol–water partition coefficient (Wildman–Crippen LogP) is 14.9. The number of fused-ring (bicyclic) bond motifs is 6. The van der Waals surface area contributed by atoms with E-state index in [-0.39, 0.29) is 0 Å². The highest BCUT2D eigenvalue weighted by Gasteiger charge is 2.18. The number of hydrogen-bond acceptors (Lipinski definition) is 1. The molecule has 0 fully saturated rings. The van der Waals surface area contributed by atoms with Crippen molar-refractivity contribution in [1.82, 2.24) is 0 Å². The van der Waals surface area contributed by atoms with Crippen LogP contribution >= 0.6 is 11.3 Å². The van der Waals surface area contributed by atoms with Gasteiger partial charge in [0.15, 0.2) is 0 Å². The Labute approximate surface area is 304 Å². The molecule has 0 aliphatic carbocycles. The fraction of sp³-hybridized carbons (Fsp3) is 0.120. The standard InChI is InChI=1S/C50H40S/c1-29-21-31(3)48(32(4)22-29)38-19-20-47-45(26-38)46-28-39(49-33(5)23-30(2)24-34(49)6)27-44(50(46)51-47)36-17-15-35(16-18-36)43-25-37-11-7-8-12-40(37)41-13-9-10-14-42(41)43/h7-28H,1-6H3. The zero-order chi connectivity index (χ0) is 35.0. The van der Waals surface area contributed by atoms with Crippen molar-refractivity contribution in [3.05, 3.63) is 167 Å². The molecule has 9 rings (SSSR count). The summed E-state index contributed by atoms with van der Waals surface area (Å²) >= 11 is 1.92. The van der Waals surface area contributed by atoms with E-state index in [1.54, 1.807) is 0 Å². The van der Waals surface area contributed by atoms with E-state index in [0.29, 0.717) is 0 Å². The molecule has 9 aromatic rings. The second kappa shape index (κ2) is 12.1. The molecule has 0 aliphatic rings. The number of benzene rings is 8. The lowest BCUT2D eigenvalue weighted by Crippen LogP contribution is -1.92. The van der Waals surface area contributed by atoms with Crippen LogP contribution in [0.4, 0.5) is 0 Å². The Balaban J connectivity index is 1.26. The summed E-state index contributed by atoms with van der Waals surface area (Å²) in [4.78, 5) is 0. The summed E-state index contributed by atoms with van der Waals surface area (Å²) in [5, 5.41) is 7.82. The van der Waals surface area contributed by atoms with Crippen LogP contribution in [0, 0.1) is 41.5 Å². The molecule has 0 aliphatic heterocycles. The highest BCUT2D eigenvalue weighted by Crippen LogP contribution is 2.46. The minimum atomic E-state index is 1.24. The molecule has 1 heterocycles. The van der Waals surface area contributed by atoms with Gasteiger partial charge in [0.1, 0.15) is 0 Å².